The maximum absolute atomic E-state index is 12.5. The van der Waals surface area contributed by atoms with Crippen LogP contribution in [-0.2, 0) is 4.74 Å². The van der Waals surface area contributed by atoms with Crippen molar-refractivity contribution in [2.45, 2.75) is 33.3 Å². The van der Waals surface area contributed by atoms with Gasteiger partial charge >= 0.3 is 6.09 Å². The summed E-state index contributed by atoms with van der Waals surface area (Å²) in [7, 11) is 0. The highest BCUT2D eigenvalue weighted by molar-refractivity contribution is 9.10. The summed E-state index contributed by atoms with van der Waals surface area (Å²) in [4.78, 5) is 28.7. The molecule has 1 aliphatic rings. The van der Waals surface area contributed by atoms with Crippen LogP contribution in [0.25, 0.3) is 0 Å². The van der Waals surface area contributed by atoms with Crippen LogP contribution in [-0.4, -0.2) is 48.7 Å². The minimum absolute atomic E-state index is 0.135. The predicted octanol–water partition coefficient (Wildman–Crippen LogP) is 5.07. The molecule has 3 rings (SSSR count). The van der Waals surface area contributed by atoms with Crippen molar-refractivity contribution < 1.29 is 14.3 Å². The summed E-state index contributed by atoms with van der Waals surface area (Å²) >= 11 is 3.38. The molecule has 1 saturated heterocycles. The lowest BCUT2D eigenvalue weighted by Gasteiger charge is -2.37. The van der Waals surface area contributed by atoms with Crippen LogP contribution in [0.2, 0.25) is 0 Å². The first kappa shape index (κ1) is 22.2. The molecule has 1 heterocycles. The van der Waals surface area contributed by atoms with Crippen molar-refractivity contribution in [3.05, 3.63) is 58.1 Å². The van der Waals surface area contributed by atoms with Gasteiger partial charge in [0.25, 0.3) is 5.91 Å². The molecule has 0 aromatic heterocycles. The minimum atomic E-state index is -0.484. The smallest absolute Gasteiger partial charge is 0.410 e. The third-order valence-electron chi connectivity index (χ3n) is 4.86. The number of ether oxygens (including phenoxy) is 1. The number of aryl methyl sites for hydroxylation is 1. The van der Waals surface area contributed by atoms with Crippen molar-refractivity contribution in [2.24, 2.45) is 0 Å². The first-order valence-electron chi connectivity index (χ1n) is 10.0. The molecule has 0 radical (unpaired) electrons. The normalized spacial score (nSPS) is 14.4. The second kappa shape index (κ2) is 9.08. The second-order valence-electron chi connectivity index (χ2n) is 8.41. The molecule has 0 unspecified atom stereocenters. The Labute approximate surface area is 186 Å². The van der Waals surface area contributed by atoms with E-state index in [0.717, 1.165) is 34.5 Å². The van der Waals surface area contributed by atoms with Gasteiger partial charge in [0.15, 0.2) is 0 Å². The van der Waals surface area contributed by atoms with Crippen molar-refractivity contribution in [1.82, 2.24) is 4.90 Å². The average Bonchev–Trinajstić information content (AvgIpc) is 2.69. The fourth-order valence-electron chi connectivity index (χ4n) is 3.25. The third kappa shape index (κ3) is 5.75. The maximum Gasteiger partial charge on any atom is 0.410 e. The van der Waals surface area contributed by atoms with Gasteiger partial charge < -0.3 is 19.9 Å². The Morgan fingerprint density at radius 1 is 1.00 bits per heavy atom. The molecule has 1 N–H and O–H groups in total. The Balaban J connectivity index is 1.60. The van der Waals surface area contributed by atoms with E-state index in [1.165, 1.54) is 0 Å². The van der Waals surface area contributed by atoms with E-state index >= 15 is 0 Å². The SMILES string of the molecule is Cc1cc(N2CCN(C(=O)OC(C)(C)C)CC2)ccc1NC(=O)c1ccc(Br)cc1. The second-order valence-corrected chi connectivity index (χ2v) is 9.33. The summed E-state index contributed by atoms with van der Waals surface area (Å²) in [6.45, 7) is 10.3. The van der Waals surface area contributed by atoms with Gasteiger partial charge in [-0.3, -0.25) is 4.79 Å². The van der Waals surface area contributed by atoms with Crippen LogP contribution < -0.4 is 10.2 Å². The number of hydrogen-bond acceptors (Lipinski definition) is 4. The molecule has 6 nitrogen and oxygen atoms in total. The first-order chi connectivity index (χ1) is 14.1. The van der Waals surface area contributed by atoms with E-state index in [1.807, 2.05) is 52.0 Å². The molecule has 2 aromatic carbocycles. The van der Waals surface area contributed by atoms with Crippen LogP contribution >= 0.6 is 15.9 Å². The lowest BCUT2D eigenvalue weighted by molar-refractivity contribution is 0.0240. The molecular formula is C23H28BrN3O3. The molecule has 1 aliphatic heterocycles. The Kier molecular flexibility index (Phi) is 6.71. The number of hydrogen-bond donors (Lipinski definition) is 1. The molecule has 2 aromatic rings. The summed E-state index contributed by atoms with van der Waals surface area (Å²) in [6, 6.07) is 13.3. The molecule has 160 valence electrons. The average molecular weight is 474 g/mol. The van der Waals surface area contributed by atoms with E-state index in [1.54, 1.807) is 17.0 Å². The minimum Gasteiger partial charge on any atom is -0.444 e. The number of piperazine rings is 1. The van der Waals surface area contributed by atoms with Crippen LogP contribution in [0, 0.1) is 6.92 Å². The lowest BCUT2D eigenvalue weighted by atomic mass is 10.1. The van der Waals surface area contributed by atoms with Crippen LogP contribution in [0.3, 0.4) is 0 Å². The van der Waals surface area contributed by atoms with E-state index in [0.29, 0.717) is 18.7 Å². The molecule has 7 heteroatoms. The van der Waals surface area contributed by atoms with Crippen molar-refractivity contribution in [1.29, 1.82) is 0 Å². The quantitative estimate of drug-likeness (QED) is 0.675. The standard InChI is InChI=1S/C23H28BrN3O3/c1-16-15-19(26-11-13-27(14-12-26)22(29)30-23(2,3)4)9-10-20(16)25-21(28)17-5-7-18(24)8-6-17/h5-10,15H,11-14H2,1-4H3,(H,25,28). The summed E-state index contributed by atoms with van der Waals surface area (Å²) in [5.74, 6) is -0.135. The van der Waals surface area contributed by atoms with Crippen LogP contribution in [0.4, 0.5) is 16.2 Å². The zero-order valence-electron chi connectivity index (χ0n) is 17.9. The number of nitrogens with one attached hydrogen (secondary N) is 1. The van der Waals surface area contributed by atoms with Gasteiger partial charge in [-0.15, -0.1) is 0 Å². The number of carbonyl (C=O) groups excluding carboxylic acids is 2. The van der Waals surface area contributed by atoms with Crippen molar-refractivity contribution in [3.63, 3.8) is 0 Å². The summed E-state index contributed by atoms with van der Waals surface area (Å²) < 4.78 is 6.40. The molecule has 2 amide bonds. The largest absolute Gasteiger partial charge is 0.444 e. The molecule has 0 aliphatic carbocycles. The van der Waals surface area contributed by atoms with E-state index in [4.69, 9.17) is 4.74 Å². The molecule has 0 atom stereocenters. The molecule has 0 spiro atoms. The van der Waals surface area contributed by atoms with Gasteiger partial charge in [-0.2, -0.15) is 0 Å². The summed E-state index contributed by atoms with van der Waals surface area (Å²) in [6.07, 6.45) is -0.260. The zero-order chi connectivity index (χ0) is 21.9. The maximum atomic E-state index is 12.5. The number of halogens is 1. The zero-order valence-corrected chi connectivity index (χ0v) is 19.5. The third-order valence-corrected chi connectivity index (χ3v) is 5.39. The van der Waals surface area contributed by atoms with Crippen molar-refractivity contribution in [2.75, 3.05) is 36.4 Å². The Hall–Kier alpha value is -2.54. The van der Waals surface area contributed by atoms with E-state index < -0.39 is 5.60 Å². The highest BCUT2D eigenvalue weighted by Gasteiger charge is 2.26. The highest BCUT2D eigenvalue weighted by atomic mass is 79.9. The first-order valence-corrected chi connectivity index (χ1v) is 10.8. The van der Waals surface area contributed by atoms with E-state index in [2.05, 4.69) is 32.2 Å². The highest BCUT2D eigenvalue weighted by Crippen LogP contribution is 2.25. The number of rotatable bonds is 3. The molecule has 30 heavy (non-hydrogen) atoms. The van der Waals surface area contributed by atoms with Crippen LogP contribution in [0.5, 0.6) is 0 Å². The van der Waals surface area contributed by atoms with Crippen LogP contribution in [0.15, 0.2) is 46.9 Å². The number of amides is 2. The number of carbonyl (C=O) groups is 2. The van der Waals surface area contributed by atoms with Gasteiger partial charge in [0.05, 0.1) is 0 Å². The summed E-state index contributed by atoms with van der Waals surface area (Å²) in [5, 5.41) is 2.98. The van der Waals surface area contributed by atoms with E-state index in [9.17, 15) is 9.59 Å². The van der Waals surface area contributed by atoms with Gasteiger partial charge in [-0.05, 0) is 75.7 Å². The topological polar surface area (TPSA) is 61.9 Å². The van der Waals surface area contributed by atoms with Crippen molar-refractivity contribution in [3.8, 4) is 0 Å². The molecule has 1 fully saturated rings. The Morgan fingerprint density at radius 2 is 1.63 bits per heavy atom. The van der Waals surface area contributed by atoms with Crippen LogP contribution in [0.1, 0.15) is 36.7 Å². The number of anilines is 2. The molecular weight excluding hydrogens is 446 g/mol. The predicted molar refractivity (Wildman–Crippen MR) is 123 cm³/mol. The van der Waals surface area contributed by atoms with E-state index in [-0.39, 0.29) is 12.0 Å². The molecule has 0 saturated carbocycles. The van der Waals surface area contributed by atoms with Gasteiger partial charge in [0.2, 0.25) is 0 Å². The Morgan fingerprint density at radius 3 is 2.20 bits per heavy atom. The molecule has 0 bridgehead atoms. The van der Waals surface area contributed by atoms with Gasteiger partial charge in [-0.1, -0.05) is 15.9 Å². The monoisotopic (exact) mass is 473 g/mol. The Bertz CT molecular complexity index is 914. The number of nitrogens with zero attached hydrogens (tertiary/aromatic N) is 2. The fourth-order valence-corrected chi connectivity index (χ4v) is 3.52. The van der Waals surface area contributed by atoms with Crippen molar-refractivity contribution >= 4 is 39.3 Å². The fraction of sp³-hybridized carbons (Fsp3) is 0.391. The lowest BCUT2D eigenvalue weighted by Crippen LogP contribution is -2.50. The summed E-state index contributed by atoms with van der Waals surface area (Å²) in [5.41, 5.74) is 2.99. The van der Waals surface area contributed by atoms with Gasteiger partial charge in [0, 0.05) is 47.6 Å². The van der Waals surface area contributed by atoms with Gasteiger partial charge in [0.1, 0.15) is 5.60 Å². The van der Waals surface area contributed by atoms with Gasteiger partial charge in [-0.25, -0.2) is 4.79 Å². The number of benzene rings is 2.